The summed E-state index contributed by atoms with van der Waals surface area (Å²) in [5.74, 6) is 2.87. The van der Waals surface area contributed by atoms with Crippen LogP contribution in [-0.2, 0) is 4.79 Å². The molecule has 2 aliphatic rings. The Balaban J connectivity index is 1.81. The number of carbonyl (C=O) groups excluding carboxylic acids is 1. The van der Waals surface area contributed by atoms with Crippen LogP contribution in [0.5, 0.6) is 0 Å². The van der Waals surface area contributed by atoms with Crippen LogP contribution in [0.15, 0.2) is 0 Å². The van der Waals surface area contributed by atoms with Crippen LogP contribution in [0.3, 0.4) is 0 Å². The Kier molecular flexibility index (Phi) is 2.98. The van der Waals surface area contributed by atoms with Crippen LogP contribution in [-0.4, -0.2) is 17.3 Å². The highest BCUT2D eigenvalue weighted by Crippen LogP contribution is 2.54. The van der Waals surface area contributed by atoms with E-state index in [-0.39, 0.29) is 17.4 Å². The molecule has 0 heterocycles. The Labute approximate surface area is 96.8 Å². The molecule has 3 heteroatoms. The minimum atomic E-state index is -0.147. The third-order valence-corrected chi connectivity index (χ3v) is 3.98. The number of hydrogen-bond donors (Lipinski definition) is 1. The Hall–Kier alpha value is -0.240. The van der Waals surface area contributed by atoms with E-state index in [1.165, 1.54) is 6.42 Å². The highest BCUT2D eigenvalue weighted by atomic mass is 35.5. The summed E-state index contributed by atoms with van der Waals surface area (Å²) in [4.78, 5) is 11.9. The molecule has 0 saturated heterocycles. The Morgan fingerprint density at radius 1 is 1.33 bits per heavy atom. The summed E-state index contributed by atoms with van der Waals surface area (Å²) >= 11 is 5.71. The van der Waals surface area contributed by atoms with Gasteiger partial charge in [-0.05, 0) is 51.4 Å². The molecular weight excluding hydrogens is 210 g/mol. The van der Waals surface area contributed by atoms with Gasteiger partial charge in [-0.15, -0.1) is 11.6 Å². The third kappa shape index (κ3) is 2.66. The summed E-state index contributed by atoms with van der Waals surface area (Å²) in [5, 5.41) is 3.12. The number of rotatable bonds is 4. The maximum Gasteiger partial charge on any atom is 0.223 e. The van der Waals surface area contributed by atoms with Gasteiger partial charge in [0, 0.05) is 17.3 Å². The number of amides is 1. The van der Waals surface area contributed by atoms with Gasteiger partial charge in [-0.1, -0.05) is 0 Å². The van der Waals surface area contributed by atoms with Crippen molar-refractivity contribution < 1.29 is 4.79 Å². The quantitative estimate of drug-likeness (QED) is 0.738. The van der Waals surface area contributed by atoms with Crippen molar-refractivity contribution in [2.45, 2.75) is 45.1 Å². The average Bonchev–Trinajstić information content (AvgIpc) is 2.72. The van der Waals surface area contributed by atoms with E-state index in [2.05, 4.69) is 5.32 Å². The van der Waals surface area contributed by atoms with E-state index in [0.29, 0.717) is 5.88 Å². The van der Waals surface area contributed by atoms with Crippen molar-refractivity contribution in [3.8, 4) is 0 Å². The molecule has 2 unspecified atom stereocenters. The standard InChI is InChI=1S/C12H20ClNO/c1-12(2,3-4-13)14-11(15)10-6-8-5-9(8)7-10/h8-10H,3-7H2,1-2H3,(H,14,15). The lowest BCUT2D eigenvalue weighted by molar-refractivity contribution is -0.126. The van der Waals surface area contributed by atoms with Gasteiger partial charge < -0.3 is 5.32 Å². The first kappa shape index (κ1) is 11.3. The minimum Gasteiger partial charge on any atom is -0.351 e. The number of nitrogens with one attached hydrogen (secondary N) is 1. The highest BCUT2D eigenvalue weighted by molar-refractivity contribution is 6.17. The number of fused-ring (bicyclic) bond motifs is 1. The molecule has 0 aliphatic heterocycles. The van der Waals surface area contributed by atoms with Crippen LogP contribution in [0.25, 0.3) is 0 Å². The first-order valence-electron chi connectivity index (χ1n) is 5.90. The van der Waals surface area contributed by atoms with E-state index in [1.54, 1.807) is 0 Å². The molecule has 0 bridgehead atoms. The van der Waals surface area contributed by atoms with Crippen molar-refractivity contribution in [2.24, 2.45) is 17.8 Å². The average molecular weight is 230 g/mol. The van der Waals surface area contributed by atoms with Crippen molar-refractivity contribution in [3.05, 3.63) is 0 Å². The third-order valence-electron chi connectivity index (χ3n) is 3.80. The molecule has 2 aliphatic carbocycles. The lowest BCUT2D eigenvalue weighted by atomic mass is 9.97. The van der Waals surface area contributed by atoms with Gasteiger partial charge in [-0.3, -0.25) is 4.79 Å². The van der Waals surface area contributed by atoms with E-state index >= 15 is 0 Å². The van der Waals surface area contributed by atoms with Crippen LogP contribution in [0.2, 0.25) is 0 Å². The van der Waals surface area contributed by atoms with E-state index in [9.17, 15) is 4.79 Å². The van der Waals surface area contributed by atoms with Crippen molar-refractivity contribution in [2.75, 3.05) is 5.88 Å². The zero-order chi connectivity index (χ0) is 11.1. The molecule has 0 aromatic heterocycles. The van der Waals surface area contributed by atoms with E-state index in [0.717, 1.165) is 31.1 Å². The van der Waals surface area contributed by atoms with Gasteiger partial charge in [0.1, 0.15) is 0 Å². The molecule has 0 radical (unpaired) electrons. The second-order valence-corrected chi connectivity index (χ2v) is 6.11. The molecule has 86 valence electrons. The fourth-order valence-electron chi connectivity index (χ4n) is 2.66. The number of halogens is 1. The summed E-state index contributed by atoms with van der Waals surface area (Å²) in [7, 11) is 0. The van der Waals surface area contributed by atoms with Crippen LogP contribution < -0.4 is 5.32 Å². The van der Waals surface area contributed by atoms with Crippen LogP contribution in [0.4, 0.5) is 0 Å². The molecule has 2 fully saturated rings. The molecule has 2 saturated carbocycles. The normalized spacial score (nSPS) is 33.7. The number of alkyl halides is 1. The number of hydrogen-bond acceptors (Lipinski definition) is 1. The fourth-order valence-corrected chi connectivity index (χ4v) is 3.14. The predicted molar refractivity (Wildman–Crippen MR) is 61.9 cm³/mol. The molecule has 1 amide bonds. The molecular formula is C12H20ClNO. The van der Waals surface area contributed by atoms with Crippen molar-refractivity contribution in [1.82, 2.24) is 5.32 Å². The molecule has 2 rings (SSSR count). The summed E-state index contributed by atoms with van der Waals surface area (Å²) < 4.78 is 0. The molecule has 1 N–H and O–H groups in total. The smallest absolute Gasteiger partial charge is 0.223 e. The molecule has 2 nitrogen and oxygen atoms in total. The molecule has 0 aromatic rings. The zero-order valence-electron chi connectivity index (χ0n) is 9.55. The molecule has 15 heavy (non-hydrogen) atoms. The Morgan fingerprint density at radius 2 is 1.93 bits per heavy atom. The summed E-state index contributed by atoms with van der Waals surface area (Å²) in [6.07, 6.45) is 4.44. The van der Waals surface area contributed by atoms with Gasteiger partial charge in [0.05, 0.1) is 0 Å². The zero-order valence-corrected chi connectivity index (χ0v) is 10.3. The first-order chi connectivity index (χ1) is 7.02. The second kappa shape index (κ2) is 3.97. The molecule has 2 atom stereocenters. The molecule has 0 aromatic carbocycles. The Bertz CT molecular complexity index is 254. The number of carbonyl (C=O) groups is 1. The van der Waals surface area contributed by atoms with Crippen molar-refractivity contribution >= 4 is 17.5 Å². The SMILES string of the molecule is CC(C)(CCCl)NC(=O)C1CC2CC2C1. The fraction of sp³-hybridized carbons (Fsp3) is 0.917. The van der Waals surface area contributed by atoms with Crippen molar-refractivity contribution in [1.29, 1.82) is 0 Å². The maximum atomic E-state index is 11.9. The van der Waals surface area contributed by atoms with Gasteiger partial charge in [0.2, 0.25) is 5.91 Å². The van der Waals surface area contributed by atoms with Gasteiger partial charge in [-0.2, -0.15) is 0 Å². The predicted octanol–water partition coefficient (Wildman–Crippen LogP) is 2.56. The maximum absolute atomic E-state index is 11.9. The second-order valence-electron chi connectivity index (χ2n) is 5.74. The molecule has 0 spiro atoms. The lowest BCUT2D eigenvalue weighted by Gasteiger charge is -2.27. The van der Waals surface area contributed by atoms with Crippen LogP contribution in [0, 0.1) is 17.8 Å². The van der Waals surface area contributed by atoms with Crippen molar-refractivity contribution in [3.63, 3.8) is 0 Å². The first-order valence-corrected chi connectivity index (χ1v) is 6.43. The van der Waals surface area contributed by atoms with Crippen LogP contribution in [0.1, 0.15) is 39.5 Å². The van der Waals surface area contributed by atoms with Gasteiger partial charge in [0.15, 0.2) is 0 Å². The monoisotopic (exact) mass is 229 g/mol. The Morgan fingerprint density at radius 3 is 2.47 bits per heavy atom. The van der Waals surface area contributed by atoms with Gasteiger partial charge in [-0.25, -0.2) is 0 Å². The summed E-state index contributed by atoms with van der Waals surface area (Å²) in [5.41, 5.74) is -0.147. The summed E-state index contributed by atoms with van der Waals surface area (Å²) in [6, 6.07) is 0. The van der Waals surface area contributed by atoms with Crippen LogP contribution >= 0.6 is 11.6 Å². The van der Waals surface area contributed by atoms with E-state index in [4.69, 9.17) is 11.6 Å². The minimum absolute atomic E-state index is 0.147. The highest BCUT2D eigenvalue weighted by Gasteiger charge is 2.48. The topological polar surface area (TPSA) is 29.1 Å². The van der Waals surface area contributed by atoms with Gasteiger partial charge in [0.25, 0.3) is 0 Å². The largest absolute Gasteiger partial charge is 0.351 e. The van der Waals surface area contributed by atoms with E-state index < -0.39 is 0 Å². The van der Waals surface area contributed by atoms with E-state index in [1.807, 2.05) is 13.8 Å². The summed E-state index contributed by atoms with van der Waals surface area (Å²) in [6.45, 7) is 4.09. The van der Waals surface area contributed by atoms with Gasteiger partial charge >= 0.3 is 0 Å². The lowest BCUT2D eigenvalue weighted by Crippen LogP contribution is -2.46.